The van der Waals surface area contributed by atoms with Crippen molar-refractivity contribution in [2.45, 2.75) is 6.42 Å². The molecule has 6 heteroatoms. The zero-order valence-corrected chi connectivity index (χ0v) is 9.73. The SMILES string of the molecule is O=C(CO)NCCc1ccc2c(c1)NC(=O)CO2. The van der Waals surface area contributed by atoms with Crippen LogP contribution in [0.4, 0.5) is 5.69 Å². The standard InChI is InChI=1S/C12H14N2O4/c15-6-11(16)13-4-3-8-1-2-10-9(5-8)14-12(17)7-18-10/h1-2,5,15H,3-4,6-7H2,(H,13,16)(H,14,17). The molecule has 0 bridgehead atoms. The van der Waals surface area contributed by atoms with Crippen LogP contribution in [0.5, 0.6) is 5.75 Å². The lowest BCUT2D eigenvalue weighted by Gasteiger charge is -2.18. The number of rotatable bonds is 4. The van der Waals surface area contributed by atoms with Crippen molar-refractivity contribution in [2.24, 2.45) is 0 Å². The first-order chi connectivity index (χ1) is 8.69. The average Bonchev–Trinajstić information content (AvgIpc) is 2.38. The normalized spacial score (nSPS) is 13.3. The Morgan fingerprint density at radius 3 is 3.11 bits per heavy atom. The Labute approximate surface area is 104 Å². The van der Waals surface area contributed by atoms with Gasteiger partial charge in [-0.05, 0) is 24.1 Å². The van der Waals surface area contributed by atoms with Crippen molar-refractivity contribution in [1.29, 1.82) is 0 Å². The molecule has 0 radical (unpaired) electrons. The van der Waals surface area contributed by atoms with E-state index in [0.717, 1.165) is 5.56 Å². The lowest BCUT2D eigenvalue weighted by Crippen LogP contribution is -2.28. The fraction of sp³-hybridized carbons (Fsp3) is 0.333. The Hall–Kier alpha value is -2.08. The van der Waals surface area contributed by atoms with Gasteiger partial charge in [-0.2, -0.15) is 0 Å². The number of anilines is 1. The molecule has 0 atom stereocenters. The average molecular weight is 250 g/mol. The first-order valence-corrected chi connectivity index (χ1v) is 5.62. The Bertz CT molecular complexity index is 473. The van der Waals surface area contributed by atoms with E-state index < -0.39 is 12.5 Å². The van der Waals surface area contributed by atoms with E-state index in [-0.39, 0.29) is 12.5 Å². The van der Waals surface area contributed by atoms with Crippen LogP contribution in [0.25, 0.3) is 0 Å². The largest absolute Gasteiger partial charge is 0.482 e. The number of amides is 2. The van der Waals surface area contributed by atoms with Gasteiger partial charge < -0.3 is 20.5 Å². The van der Waals surface area contributed by atoms with Crippen LogP contribution < -0.4 is 15.4 Å². The van der Waals surface area contributed by atoms with Gasteiger partial charge in [-0.15, -0.1) is 0 Å². The summed E-state index contributed by atoms with van der Waals surface area (Å²) in [6.07, 6.45) is 0.620. The highest BCUT2D eigenvalue weighted by Crippen LogP contribution is 2.28. The van der Waals surface area contributed by atoms with E-state index in [1.807, 2.05) is 12.1 Å². The minimum absolute atomic E-state index is 0.0406. The number of hydrogen-bond donors (Lipinski definition) is 3. The van der Waals surface area contributed by atoms with Gasteiger partial charge in [0.15, 0.2) is 6.61 Å². The molecule has 1 aromatic carbocycles. The Kier molecular flexibility index (Phi) is 3.78. The van der Waals surface area contributed by atoms with Gasteiger partial charge in [-0.1, -0.05) is 6.07 Å². The summed E-state index contributed by atoms with van der Waals surface area (Å²) in [5.41, 5.74) is 1.62. The lowest BCUT2D eigenvalue weighted by molar-refractivity contribution is -0.123. The number of nitrogens with one attached hydrogen (secondary N) is 2. The minimum atomic E-state index is -0.506. The molecule has 1 heterocycles. The van der Waals surface area contributed by atoms with Crippen LogP contribution in [-0.4, -0.2) is 36.7 Å². The topological polar surface area (TPSA) is 87.7 Å². The molecule has 1 aliphatic heterocycles. The lowest BCUT2D eigenvalue weighted by atomic mass is 10.1. The summed E-state index contributed by atoms with van der Waals surface area (Å²) >= 11 is 0. The number of benzene rings is 1. The summed E-state index contributed by atoms with van der Waals surface area (Å²) in [7, 11) is 0. The van der Waals surface area contributed by atoms with Crippen molar-refractivity contribution in [1.82, 2.24) is 5.32 Å². The zero-order valence-electron chi connectivity index (χ0n) is 9.73. The summed E-state index contributed by atoms with van der Waals surface area (Å²) in [4.78, 5) is 22.0. The Balaban J connectivity index is 1.96. The van der Waals surface area contributed by atoms with E-state index in [9.17, 15) is 9.59 Å². The predicted molar refractivity (Wildman–Crippen MR) is 64.4 cm³/mol. The van der Waals surface area contributed by atoms with Crippen molar-refractivity contribution in [3.8, 4) is 5.75 Å². The van der Waals surface area contributed by atoms with Gasteiger partial charge in [0.1, 0.15) is 12.4 Å². The fourth-order valence-electron chi connectivity index (χ4n) is 1.69. The van der Waals surface area contributed by atoms with Gasteiger partial charge in [-0.3, -0.25) is 9.59 Å². The van der Waals surface area contributed by atoms with Gasteiger partial charge in [0.05, 0.1) is 5.69 Å². The minimum Gasteiger partial charge on any atom is -0.482 e. The van der Waals surface area contributed by atoms with E-state index >= 15 is 0 Å². The van der Waals surface area contributed by atoms with Crippen molar-refractivity contribution in [2.75, 3.05) is 25.1 Å². The molecule has 3 N–H and O–H groups in total. The van der Waals surface area contributed by atoms with Crippen LogP contribution in [0, 0.1) is 0 Å². The highest BCUT2D eigenvalue weighted by Gasteiger charge is 2.15. The molecular formula is C12H14N2O4. The van der Waals surface area contributed by atoms with Gasteiger partial charge >= 0.3 is 0 Å². The zero-order chi connectivity index (χ0) is 13.0. The van der Waals surface area contributed by atoms with Crippen LogP contribution in [0.3, 0.4) is 0 Å². The van der Waals surface area contributed by atoms with E-state index in [2.05, 4.69) is 10.6 Å². The number of aliphatic hydroxyl groups excluding tert-OH is 1. The van der Waals surface area contributed by atoms with Crippen LogP contribution in [0.1, 0.15) is 5.56 Å². The summed E-state index contributed by atoms with van der Waals surface area (Å²) in [5, 5.41) is 13.8. The summed E-state index contributed by atoms with van der Waals surface area (Å²) in [6, 6.07) is 5.48. The molecular weight excluding hydrogens is 236 g/mol. The molecule has 0 spiro atoms. The number of carbonyl (C=O) groups is 2. The third kappa shape index (κ3) is 2.98. The molecule has 0 fully saturated rings. The van der Waals surface area contributed by atoms with Crippen molar-refractivity contribution in [3.05, 3.63) is 23.8 Å². The van der Waals surface area contributed by atoms with Crippen molar-refractivity contribution in [3.63, 3.8) is 0 Å². The second-order valence-corrected chi connectivity index (χ2v) is 3.93. The number of fused-ring (bicyclic) bond motifs is 1. The van der Waals surface area contributed by atoms with Crippen LogP contribution >= 0.6 is 0 Å². The third-order valence-corrected chi connectivity index (χ3v) is 2.56. The van der Waals surface area contributed by atoms with E-state index in [1.165, 1.54) is 0 Å². The van der Waals surface area contributed by atoms with Gasteiger partial charge in [0.25, 0.3) is 5.91 Å². The summed E-state index contributed by atoms with van der Waals surface area (Å²) in [6.45, 7) is -0.0278. The smallest absolute Gasteiger partial charge is 0.262 e. The molecule has 0 aromatic heterocycles. The van der Waals surface area contributed by atoms with Crippen LogP contribution in [-0.2, 0) is 16.0 Å². The molecule has 2 rings (SSSR count). The van der Waals surface area contributed by atoms with Gasteiger partial charge in [0.2, 0.25) is 5.91 Å². The van der Waals surface area contributed by atoms with E-state index in [0.29, 0.717) is 24.4 Å². The Morgan fingerprint density at radius 2 is 2.33 bits per heavy atom. The maximum atomic E-state index is 11.2. The number of hydrogen-bond acceptors (Lipinski definition) is 4. The van der Waals surface area contributed by atoms with Gasteiger partial charge in [0, 0.05) is 6.54 Å². The van der Waals surface area contributed by atoms with Crippen LogP contribution in [0.15, 0.2) is 18.2 Å². The van der Waals surface area contributed by atoms with Crippen LogP contribution in [0.2, 0.25) is 0 Å². The number of carbonyl (C=O) groups excluding carboxylic acids is 2. The molecule has 6 nitrogen and oxygen atoms in total. The molecule has 0 saturated carbocycles. The van der Waals surface area contributed by atoms with Crippen molar-refractivity contribution < 1.29 is 19.4 Å². The molecule has 1 aromatic rings. The number of ether oxygens (including phenoxy) is 1. The third-order valence-electron chi connectivity index (χ3n) is 2.56. The van der Waals surface area contributed by atoms with E-state index in [1.54, 1.807) is 6.07 Å². The highest BCUT2D eigenvalue weighted by atomic mass is 16.5. The molecule has 96 valence electrons. The summed E-state index contributed by atoms with van der Waals surface area (Å²) in [5.74, 6) is 0.0792. The van der Waals surface area contributed by atoms with E-state index in [4.69, 9.17) is 9.84 Å². The van der Waals surface area contributed by atoms with Crippen molar-refractivity contribution >= 4 is 17.5 Å². The summed E-state index contributed by atoms with van der Waals surface area (Å²) < 4.78 is 5.24. The monoisotopic (exact) mass is 250 g/mol. The first-order valence-electron chi connectivity index (χ1n) is 5.62. The Morgan fingerprint density at radius 1 is 1.50 bits per heavy atom. The molecule has 0 aliphatic carbocycles. The van der Waals surface area contributed by atoms with Gasteiger partial charge in [-0.25, -0.2) is 0 Å². The predicted octanol–water partition coefficient (Wildman–Crippen LogP) is -0.332. The highest BCUT2D eigenvalue weighted by molar-refractivity contribution is 5.95. The molecule has 0 unspecified atom stereocenters. The maximum absolute atomic E-state index is 11.2. The maximum Gasteiger partial charge on any atom is 0.262 e. The molecule has 2 amide bonds. The molecule has 1 aliphatic rings. The first kappa shape index (κ1) is 12.4. The second-order valence-electron chi connectivity index (χ2n) is 3.93. The second kappa shape index (κ2) is 5.50. The fourth-order valence-corrected chi connectivity index (χ4v) is 1.69. The molecule has 18 heavy (non-hydrogen) atoms. The quantitative estimate of drug-likeness (QED) is 0.682. The number of aliphatic hydroxyl groups is 1. The molecule has 0 saturated heterocycles.